The fourth-order valence-corrected chi connectivity index (χ4v) is 2.95. The number of anilines is 2. The topological polar surface area (TPSA) is 64.3 Å². The largest absolute Gasteiger partial charge is 0.459 e. The summed E-state index contributed by atoms with van der Waals surface area (Å²) < 4.78 is 5.33. The maximum Gasteiger partial charge on any atom is 0.340 e. The van der Waals surface area contributed by atoms with Crippen molar-refractivity contribution >= 4 is 17.3 Å². The second kappa shape index (κ2) is 8.06. The van der Waals surface area contributed by atoms with Gasteiger partial charge in [0.1, 0.15) is 0 Å². The van der Waals surface area contributed by atoms with Crippen LogP contribution in [0.5, 0.6) is 0 Å². The molecule has 0 aliphatic heterocycles. The first-order valence-corrected chi connectivity index (χ1v) is 8.43. The number of rotatable bonds is 4. The van der Waals surface area contributed by atoms with Gasteiger partial charge in [0.05, 0.1) is 11.7 Å². The Labute approximate surface area is 133 Å². The average Bonchev–Trinajstić information content (AvgIpc) is 2.42. The number of carbonyl (C=O) groups excluding carboxylic acids is 1. The van der Waals surface area contributed by atoms with Crippen LogP contribution in [0.2, 0.25) is 0 Å². The Hall–Kier alpha value is -1.71. The monoisotopic (exact) mass is 304 g/mol. The molecular formula is C18H28N2O2. The fraction of sp³-hybridized carbons (Fsp3) is 0.611. The van der Waals surface area contributed by atoms with E-state index in [-0.39, 0.29) is 12.1 Å². The number of hydrogen-bond donors (Lipinski definition) is 2. The molecule has 1 aromatic rings. The van der Waals surface area contributed by atoms with Crippen LogP contribution in [-0.4, -0.2) is 18.1 Å². The summed E-state index contributed by atoms with van der Waals surface area (Å²) in [5.74, 6) is -0.310. The molecule has 0 atom stereocenters. The number of nitrogen functional groups attached to an aromatic ring is 1. The molecule has 4 nitrogen and oxygen atoms in total. The second-order valence-corrected chi connectivity index (χ2v) is 6.45. The van der Waals surface area contributed by atoms with Crippen LogP contribution < -0.4 is 11.1 Å². The summed E-state index contributed by atoms with van der Waals surface area (Å²) in [6.07, 6.45) is 8.64. The molecule has 22 heavy (non-hydrogen) atoms. The van der Waals surface area contributed by atoms with E-state index in [0.29, 0.717) is 17.3 Å². The van der Waals surface area contributed by atoms with Crippen molar-refractivity contribution < 1.29 is 9.53 Å². The number of carbonyl (C=O) groups is 1. The lowest BCUT2D eigenvalue weighted by atomic mass is 9.96. The molecule has 0 amide bonds. The van der Waals surface area contributed by atoms with Crippen molar-refractivity contribution in [2.24, 2.45) is 0 Å². The first-order chi connectivity index (χ1) is 10.6. The Morgan fingerprint density at radius 1 is 1.18 bits per heavy atom. The molecule has 122 valence electrons. The zero-order valence-electron chi connectivity index (χ0n) is 13.7. The molecule has 0 heterocycles. The van der Waals surface area contributed by atoms with Crippen molar-refractivity contribution in [1.82, 2.24) is 0 Å². The average molecular weight is 304 g/mol. The molecule has 0 aromatic heterocycles. The molecule has 1 fully saturated rings. The Balaban J connectivity index is 2.13. The van der Waals surface area contributed by atoms with E-state index in [2.05, 4.69) is 5.32 Å². The minimum Gasteiger partial charge on any atom is -0.459 e. The van der Waals surface area contributed by atoms with Gasteiger partial charge in [0, 0.05) is 17.4 Å². The molecule has 4 heteroatoms. The van der Waals surface area contributed by atoms with Gasteiger partial charge >= 0.3 is 5.97 Å². The number of esters is 1. The Morgan fingerprint density at radius 3 is 2.45 bits per heavy atom. The molecule has 0 bridgehead atoms. The van der Waals surface area contributed by atoms with E-state index in [1.165, 1.54) is 32.1 Å². The molecule has 1 aromatic carbocycles. The fourth-order valence-electron chi connectivity index (χ4n) is 2.95. The molecule has 1 saturated carbocycles. The highest BCUT2D eigenvalue weighted by atomic mass is 16.5. The number of nitrogens with two attached hydrogens (primary N) is 1. The van der Waals surface area contributed by atoms with E-state index in [4.69, 9.17) is 10.5 Å². The Bertz CT molecular complexity index is 492. The third-order valence-corrected chi connectivity index (χ3v) is 4.07. The van der Waals surface area contributed by atoms with E-state index in [0.717, 1.165) is 18.5 Å². The molecule has 0 spiro atoms. The number of benzene rings is 1. The van der Waals surface area contributed by atoms with E-state index in [1.807, 2.05) is 26.0 Å². The minimum atomic E-state index is -0.310. The molecule has 2 rings (SSSR count). The van der Waals surface area contributed by atoms with Gasteiger partial charge in [0.2, 0.25) is 0 Å². The molecule has 0 radical (unpaired) electrons. The molecular weight excluding hydrogens is 276 g/mol. The van der Waals surface area contributed by atoms with Crippen LogP contribution in [0.3, 0.4) is 0 Å². The van der Waals surface area contributed by atoms with Gasteiger partial charge < -0.3 is 15.8 Å². The van der Waals surface area contributed by atoms with Gasteiger partial charge in [-0.05, 0) is 44.9 Å². The smallest absolute Gasteiger partial charge is 0.340 e. The van der Waals surface area contributed by atoms with E-state index in [9.17, 15) is 4.79 Å². The summed E-state index contributed by atoms with van der Waals surface area (Å²) in [5, 5.41) is 3.54. The predicted octanol–water partition coefficient (Wildman–Crippen LogP) is 4.36. The van der Waals surface area contributed by atoms with Gasteiger partial charge in [-0.25, -0.2) is 4.79 Å². The third-order valence-electron chi connectivity index (χ3n) is 4.07. The van der Waals surface area contributed by atoms with E-state index >= 15 is 0 Å². The van der Waals surface area contributed by atoms with Crippen molar-refractivity contribution in [2.45, 2.75) is 70.9 Å². The van der Waals surface area contributed by atoms with Gasteiger partial charge in [-0.1, -0.05) is 32.1 Å². The first-order valence-electron chi connectivity index (χ1n) is 8.43. The summed E-state index contributed by atoms with van der Waals surface area (Å²) in [4.78, 5) is 12.3. The van der Waals surface area contributed by atoms with E-state index < -0.39 is 0 Å². The predicted molar refractivity (Wildman–Crippen MR) is 91.1 cm³/mol. The lowest BCUT2D eigenvalue weighted by molar-refractivity contribution is 0.0379. The quantitative estimate of drug-likeness (QED) is 0.641. The highest BCUT2D eigenvalue weighted by molar-refractivity contribution is 5.96. The first kappa shape index (κ1) is 16.7. The van der Waals surface area contributed by atoms with Crippen LogP contribution in [0, 0.1) is 0 Å². The normalized spacial score (nSPS) is 16.9. The summed E-state index contributed by atoms with van der Waals surface area (Å²) in [7, 11) is 0. The lowest BCUT2D eigenvalue weighted by Gasteiger charge is -2.23. The third kappa shape index (κ3) is 4.93. The van der Waals surface area contributed by atoms with Gasteiger partial charge in [0.25, 0.3) is 0 Å². The number of ether oxygens (including phenoxy) is 1. The SMILES string of the molecule is CC(C)OC(=O)c1cc(N)ccc1NC1CCCCCCC1. The summed E-state index contributed by atoms with van der Waals surface area (Å²) in [6.45, 7) is 3.71. The van der Waals surface area contributed by atoms with Crippen molar-refractivity contribution in [3.8, 4) is 0 Å². The van der Waals surface area contributed by atoms with Gasteiger partial charge in [0.15, 0.2) is 0 Å². The zero-order chi connectivity index (χ0) is 15.9. The Morgan fingerprint density at radius 2 is 1.82 bits per heavy atom. The zero-order valence-corrected chi connectivity index (χ0v) is 13.7. The summed E-state index contributed by atoms with van der Waals surface area (Å²) in [6, 6.07) is 5.85. The highest BCUT2D eigenvalue weighted by Gasteiger charge is 2.18. The van der Waals surface area contributed by atoms with Crippen LogP contribution in [0.25, 0.3) is 0 Å². The summed E-state index contributed by atoms with van der Waals surface area (Å²) in [5.41, 5.74) is 7.80. The maximum atomic E-state index is 12.3. The van der Waals surface area contributed by atoms with Crippen molar-refractivity contribution in [1.29, 1.82) is 0 Å². The lowest BCUT2D eigenvalue weighted by Crippen LogP contribution is -2.23. The van der Waals surface area contributed by atoms with Crippen molar-refractivity contribution in [3.63, 3.8) is 0 Å². The van der Waals surface area contributed by atoms with Gasteiger partial charge in [-0.2, -0.15) is 0 Å². The Kier molecular flexibility index (Phi) is 6.10. The maximum absolute atomic E-state index is 12.3. The molecule has 0 unspecified atom stereocenters. The minimum absolute atomic E-state index is 0.136. The molecule has 3 N–H and O–H groups in total. The van der Waals surface area contributed by atoms with Crippen molar-refractivity contribution in [2.75, 3.05) is 11.1 Å². The van der Waals surface area contributed by atoms with E-state index in [1.54, 1.807) is 6.07 Å². The van der Waals surface area contributed by atoms with Gasteiger partial charge in [-0.15, -0.1) is 0 Å². The van der Waals surface area contributed by atoms with Crippen molar-refractivity contribution in [3.05, 3.63) is 23.8 Å². The number of nitrogens with one attached hydrogen (secondary N) is 1. The van der Waals surface area contributed by atoms with Crippen LogP contribution in [0.15, 0.2) is 18.2 Å². The van der Waals surface area contributed by atoms with Crippen LogP contribution in [0.1, 0.15) is 69.2 Å². The highest BCUT2D eigenvalue weighted by Crippen LogP contribution is 2.25. The van der Waals surface area contributed by atoms with Gasteiger partial charge in [-0.3, -0.25) is 0 Å². The summed E-state index contributed by atoms with van der Waals surface area (Å²) >= 11 is 0. The van der Waals surface area contributed by atoms with Crippen LogP contribution >= 0.6 is 0 Å². The molecule has 1 aliphatic rings. The molecule has 1 aliphatic carbocycles. The van der Waals surface area contributed by atoms with Crippen LogP contribution in [-0.2, 0) is 4.74 Å². The molecule has 0 saturated heterocycles. The standard InChI is InChI=1S/C18H28N2O2/c1-13(2)22-18(21)16-12-14(19)10-11-17(16)20-15-8-6-4-3-5-7-9-15/h10-13,15,20H,3-9,19H2,1-2H3. The number of hydrogen-bond acceptors (Lipinski definition) is 4. The second-order valence-electron chi connectivity index (χ2n) is 6.45. The van der Waals surface area contributed by atoms with Crippen LogP contribution in [0.4, 0.5) is 11.4 Å².